The van der Waals surface area contributed by atoms with Crippen LogP contribution in [0.4, 0.5) is 10.6 Å². The van der Waals surface area contributed by atoms with Gasteiger partial charge in [0.1, 0.15) is 18.2 Å². The van der Waals surface area contributed by atoms with Crippen molar-refractivity contribution in [3.8, 4) is 17.3 Å². The van der Waals surface area contributed by atoms with Gasteiger partial charge in [0.15, 0.2) is 0 Å². The van der Waals surface area contributed by atoms with E-state index in [1.807, 2.05) is 41.9 Å². The van der Waals surface area contributed by atoms with Crippen LogP contribution >= 0.6 is 11.6 Å². The molecule has 2 N–H and O–H groups in total. The molecule has 0 spiro atoms. The monoisotopic (exact) mass is 531 g/mol. The first-order valence-corrected chi connectivity index (χ1v) is 12.7. The van der Waals surface area contributed by atoms with Gasteiger partial charge < -0.3 is 9.30 Å². The number of aromatic nitrogens is 4. The Morgan fingerprint density at radius 2 is 1.92 bits per heavy atom. The van der Waals surface area contributed by atoms with E-state index in [-0.39, 0.29) is 12.3 Å². The van der Waals surface area contributed by atoms with Crippen LogP contribution in [-0.2, 0) is 38.1 Å². The molecule has 0 unspecified atom stereocenters. The predicted molar refractivity (Wildman–Crippen MR) is 141 cm³/mol. The highest BCUT2D eigenvalue weighted by Gasteiger charge is 2.28. The number of H-pyrrole nitrogens is 1. The first-order chi connectivity index (χ1) is 18.4. The molecule has 2 aliphatic rings. The van der Waals surface area contributed by atoms with E-state index in [4.69, 9.17) is 16.3 Å². The highest BCUT2D eigenvalue weighted by Crippen LogP contribution is 2.31. The molecule has 0 bridgehead atoms. The molecule has 0 atom stereocenters. The van der Waals surface area contributed by atoms with Crippen molar-refractivity contribution in [1.82, 2.24) is 30.0 Å². The van der Waals surface area contributed by atoms with E-state index in [0.717, 1.165) is 35.7 Å². The highest BCUT2D eigenvalue weighted by atomic mass is 35.5. The number of aromatic amines is 1. The number of carbonyl (C=O) groups is 2. The number of urea groups is 1. The molecule has 38 heavy (non-hydrogen) atoms. The number of imide groups is 1. The SMILES string of the molecule is Cn1c(N2CCC(=O)NC2=O)cnc1-c1ccc2c(c1)CN(Cc1cc(OCc3ccccc3Cl)n[nH]1)C2. The van der Waals surface area contributed by atoms with E-state index < -0.39 is 6.03 Å². The summed E-state index contributed by atoms with van der Waals surface area (Å²) >= 11 is 6.21. The summed E-state index contributed by atoms with van der Waals surface area (Å²) in [6.07, 6.45) is 1.94. The van der Waals surface area contributed by atoms with Crippen molar-refractivity contribution in [2.75, 3.05) is 11.4 Å². The average Bonchev–Trinajstić information content (AvgIpc) is 3.62. The molecule has 1 fully saturated rings. The van der Waals surface area contributed by atoms with Crippen molar-refractivity contribution in [3.05, 3.63) is 82.1 Å². The van der Waals surface area contributed by atoms with Gasteiger partial charge in [0.05, 0.1) is 11.9 Å². The number of rotatable bonds is 7. The lowest BCUT2D eigenvalue weighted by molar-refractivity contribution is -0.120. The van der Waals surface area contributed by atoms with Gasteiger partial charge in [-0.2, -0.15) is 0 Å². The molecule has 11 heteroatoms. The Morgan fingerprint density at radius 1 is 1.08 bits per heavy atom. The van der Waals surface area contributed by atoms with Crippen molar-refractivity contribution < 1.29 is 14.3 Å². The zero-order chi connectivity index (χ0) is 26.2. The number of nitrogens with one attached hydrogen (secondary N) is 2. The van der Waals surface area contributed by atoms with Crippen LogP contribution in [0.3, 0.4) is 0 Å². The standard InChI is InChI=1S/C27H26ClN7O3/c1-33-25(35-9-8-23(36)30-27(35)37)12-29-26(33)17-6-7-18-13-34(14-20(18)10-17)15-21-11-24(32-31-21)38-16-19-4-2-3-5-22(19)28/h2-7,10-12H,8-9,13-16H2,1H3,(H,31,32)(H,30,36,37). The van der Waals surface area contributed by atoms with E-state index in [9.17, 15) is 9.59 Å². The molecule has 0 radical (unpaired) electrons. The number of fused-ring (bicyclic) bond motifs is 1. The smallest absolute Gasteiger partial charge is 0.329 e. The lowest BCUT2D eigenvalue weighted by atomic mass is 10.1. The first kappa shape index (κ1) is 24.2. The molecule has 0 aliphatic carbocycles. The second-order valence-electron chi connectivity index (χ2n) is 9.49. The Bertz CT molecular complexity index is 1530. The number of ether oxygens (including phenoxy) is 1. The summed E-state index contributed by atoms with van der Waals surface area (Å²) < 4.78 is 7.70. The molecule has 194 valence electrons. The van der Waals surface area contributed by atoms with Crippen LogP contribution in [-0.4, -0.2) is 43.1 Å². The van der Waals surface area contributed by atoms with E-state index in [2.05, 4.69) is 43.6 Å². The van der Waals surface area contributed by atoms with Crippen molar-refractivity contribution in [1.29, 1.82) is 0 Å². The minimum atomic E-state index is -0.420. The summed E-state index contributed by atoms with van der Waals surface area (Å²) in [4.78, 5) is 32.3. The number of imidazole rings is 1. The molecule has 3 amide bonds. The van der Waals surface area contributed by atoms with E-state index in [1.54, 1.807) is 11.1 Å². The lowest BCUT2D eigenvalue weighted by Crippen LogP contribution is -2.50. The maximum Gasteiger partial charge on any atom is 0.329 e. The summed E-state index contributed by atoms with van der Waals surface area (Å²) in [7, 11) is 1.88. The largest absolute Gasteiger partial charge is 0.472 e. The molecule has 10 nitrogen and oxygen atoms in total. The Morgan fingerprint density at radius 3 is 2.76 bits per heavy atom. The summed E-state index contributed by atoms with van der Waals surface area (Å²) in [5.74, 6) is 1.70. The molecule has 2 aromatic heterocycles. The van der Waals surface area contributed by atoms with Gasteiger partial charge in [-0.25, -0.2) is 9.78 Å². The number of benzene rings is 2. The van der Waals surface area contributed by atoms with Crippen LogP contribution in [0.2, 0.25) is 5.02 Å². The number of hydrogen-bond donors (Lipinski definition) is 2. The van der Waals surface area contributed by atoms with Gasteiger partial charge in [0.2, 0.25) is 11.8 Å². The zero-order valence-corrected chi connectivity index (χ0v) is 21.5. The summed E-state index contributed by atoms with van der Waals surface area (Å²) in [6, 6.07) is 15.5. The van der Waals surface area contributed by atoms with Crippen molar-refractivity contribution in [3.63, 3.8) is 0 Å². The molecule has 0 saturated carbocycles. The van der Waals surface area contributed by atoms with Crippen molar-refractivity contribution in [2.24, 2.45) is 7.05 Å². The number of halogens is 1. The van der Waals surface area contributed by atoms with Gasteiger partial charge in [-0.05, 0) is 23.3 Å². The third-order valence-electron chi connectivity index (χ3n) is 6.88. The van der Waals surface area contributed by atoms with Gasteiger partial charge in [-0.15, -0.1) is 5.10 Å². The minimum Gasteiger partial charge on any atom is -0.472 e. The molecule has 2 aliphatic heterocycles. The number of nitrogens with zero attached hydrogens (tertiary/aromatic N) is 5. The molecule has 2 aromatic carbocycles. The van der Waals surface area contributed by atoms with Crippen LogP contribution in [0.1, 0.15) is 28.8 Å². The molecular formula is C27H26ClN7O3. The summed E-state index contributed by atoms with van der Waals surface area (Å²) in [5, 5.41) is 10.4. The fourth-order valence-electron chi connectivity index (χ4n) is 4.92. The second-order valence-corrected chi connectivity index (χ2v) is 9.90. The summed E-state index contributed by atoms with van der Waals surface area (Å²) in [6.45, 7) is 3.03. The molecular weight excluding hydrogens is 506 g/mol. The van der Waals surface area contributed by atoms with Crippen molar-refractivity contribution >= 4 is 29.4 Å². The highest BCUT2D eigenvalue weighted by molar-refractivity contribution is 6.31. The Labute approximate surface area is 224 Å². The summed E-state index contributed by atoms with van der Waals surface area (Å²) in [5.41, 5.74) is 5.37. The Kier molecular flexibility index (Phi) is 6.34. The Hall–Kier alpha value is -4.15. The van der Waals surface area contributed by atoms with Crippen LogP contribution in [0.25, 0.3) is 11.4 Å². The topological polar surface area (TPSA) is 108 Å². The fourth-order valence-corrected chi connectivity index (χ4v) is 5.11. The maximum atomic E-state index is 12.3. The van der Waals surface area contributed by atoms with E-state index >= 15 is 0 Å². The van der Waals surface area contributed by atoms with E-state index in [1.165, 1.54) is 11.1 Å². The zero-order valence-electron chi connectivity index (χ0n) is 20.8. The molecule has 1 saturated heterocycles. The fraction of sp³-hybridized carbons (Fsp3) is 0.259. The molecule has 4 aromatic rings. The second kappa shape index (κ2) is 9.96. The first-order valence-electron chi connectivity index (χ1n) is 12.3. The lowest BCUT2D eigenvalue weighted by Gasteiger charge is -2.26. The number of amides is 3. The van der Waals surface area contributed by atoms with Crippen LogP contribution in [0.5, 0.6) is 5.88 Å². The van der Waals surface area contributed by atoms with E-state index in [0.29, 0.717) is 36.4 Å². The van der Waals surface area contributed by atoms with Crippen LogP contribution in [0.15, 0.2) is 54.7 Å². The maximum absolute atomic E-state index is 12.3. The third-order valence-corrected chi connectivity index (χ3v) is 7.25. The van der Waals surface area contributed by atoms with Gasteiger partial charge in [0, 0.05) is 61.9 Å². The Balaban J connectivity index is 1.10. The average molecular weight is 532 g/mol. The van der Waals surface area contributed by atoms with Gasteiger partial charge in [-0.1, -0.05) is 41.9 Å². The molecule has 6 rings (SSSR count). The number of carbonyl (C=O) groups excluding carboxylic acids is 2. The van der Waals surface area contributed by atoms with Crippen molar-refractivity contribution in [2.45, 2.75) is 32.7 Å². The van der Waals surface area contributed by atoms with Crippen LogP contribution < -0.4 is 15.0 Å². The number of anilines is 1. The van der Waals surface area contributed by atoms with Crippen LogP contribution in [0, 0.1) is 0 Å². The normalized spacial score (nSPS) is 15.6. The number of hydrogen-bond acceptors (Lipinski definition) is 6. The molecule has 4 heterocycles. The van der Waals surface area contributed by atoms with Gasteiger partial charge in [0.25, 0.3) is 0 Å². The van der Waals surface area contributed by atoms with Gasteiger partial charge >= 0.3 is 6.03 Å². The minimum absolute atomic E-state index is 0.257. The predicted octanol–water partition coefficient (Wildman–Crippen LogP) is 4.00. The third kappa shape index (κ3) is 4.75. The quantitative estimate of drug-likeness (QED) is 0.373. The van der Waals surface area contributed by atoms with Gasteiger partial charge in [-0.3, -0.25) is 25.0 Å².